The second-order valence-corrected chi connectivity index (χ2v) is 3.41. The van der Waals surface area contributed by atoms with Crippen molar-refractivity contribution in [3.8, 4) is 5.75 Å². The van der Waals surface area contributed by atoms with Crippen molar-refractivity contribution in [2.24, 2.45) is 0 Å². The summed E-state index contributed by atoms with van der Waals surface area (Å²) in [5, 5.41) is 13.1. The highest BCUT2D eigenvalue weighted by molar-refractivity contribution is 5.86. The highest BCUT2D eigenvalue weighted by Gasteiger charge is 2.04. The van der Waals surface area contributed by atoms with Gasteiger partial charge in [-0.2, -0.15) is 4.73 Å². The van der Waals surface area contributed by atoms with E-state index >= 15 is 0 Å². The summed E-state index contributed by atoms with van der Waals surface area (Å²) in [6.45, 7) is 2.73. The van der Waals surface area contributed by atoms with Crippen LogP contribution in [0.4, 0.5) is 0 Å². The highest BCUT2D eigenvalue weighted by atomic mass is 16.5. The molecule has 0 saturated carbocycles. The Bertz CT molecular complexity index is 468. The minimum absolute atomic E-state index is 0.673. The summed E-state index contributed by atoms with van der Waals surface area (Å²) in [7, 11) is 0. The van der Waals surface area contributed by atoms with Crippen LogP contribution in [0, 0.1) is 5.21 Å². The molecule has 2 aromatic rings. The molecular formula is C12H13NO2. The zero-order chi connectivity index (χ0) is 10.7. The van der Waals surface area contributed by atoms with Crippen molar-refractivity contribution in [1.82, 2.24) is 0 Å². The first-order valence-electron chi connectivity index (χ1n) is 5.05. The molecule has 0 amide bonds. The van der Waals surface area contributed by atoms with E-state index in [9.17, 15) is 5.21 Å². The van der Waals surface area contributed by atoms with Crippen LogP contribution in [0.2, 0.25) is 0 Å². The molecule has 0 spiro atoms. The molecule has 0 bridgehead atoms. The van der Waals surface area contributed by atoms with Crippen molar-refractivity contribution in [3.63, 3.8) is 0 Å². The smallest absolute Gasteiger partial charge is 0.191 e. The van der Waals surface area contributed by atoms with Crippen LogP contribution in [-0.2, 0) is 0 Å². The summed E-state index contributed by atoms with van der Waals surface area (Å²) in [5.74, 6) is 0.777. The Morgan fingerprint density at radius 2 is 2.20 bits per heavy atom. The largest absolute Gasteiger partial charge is 0.619 e. The maximum absolute atomic E-state index is 11.2. The van der Waals surface area contributed by atoms with Crippen molar-refractivity contribution in [3.05, 3.63) is 41.9 Å². The van der Waals surface area contributed by atoms with Gasteiger partial charge in [0.25, 0.3) is 0 Å². The number of nitrogens with zero attached hydrogens (tertiary/aromatic N) is 1. The third-order valence-corrected chi connectivity index (χ3v) is 2.22. The SMILES string of the molecule is CCCOc1cccc2cc[n+]([O-])cc12. The summed E-state index contributed by atoms with van der Waals surface area (Å²) >= 11 is 0. The third-order valence-electron chi connectivity index (χ3n) is 2.22. The molecule has 0 aliphatic rings. The van der Waals surface area contributed by atoms with Gasteiger partial charge in [-0.05, 0) is 17.9 Å². The zero-order valence-electron chi connectivity index (χ0n) is 8.64. The van der Waals surface area contributed by atoms with Gasteiger partial charge in [0.1, 0.15) is 5.75 Å². The van der Waals surface area contributed by atoms with Crippen LogP contribution in [0.15, 0.2) is 36.7 Å². The molecule has 3 heteroatoms. The number of fused-ring (bicyclic) bond motifs is 1. The second kappa shape index (κ2) is 4.17. The number of ether oxygens (including phenoxy) is 1. The Balaban J connectivity index is 2.48. The Morgan fingerprint density at radius 1 is 1.33 bits per heavy atom. The molecule has 0 unspecified atom stereocenters. The summed E-state index contributed by atoms with van der Waals surface area (Å²) in [6.07, 6.45) is 3.99. The number of benzene rings is 1. The molecule has 3 nitrogen and oxygen atoms in total. The van der Waals surface area contributed by atoms with Gasteiger partial charge in [-0.1, -0.05) is 19.1 Å². The summed E-state index contributed by atoms with van der Waals surface area (Å²) in [4.78, 5) is 0. The number of aromatic nitrogens is 1. The standard InChI is InChI=1S/C12H13NO2/c1-2-8-15-12-5-3-4-10-6-7-13(14)9-11(10)12/h3-7,9H,2,8H2,1H3. The van der Waals surface area contributed by atoms with Crippen molar-refractivity contribution >= 4 is 10.8 Å². The maximum atomic E-state index is 11.2. The van der Waals surface area contributed by atoms with Crippen molar-refractivity contribution in [2.45, 2.75) is 13.3 Å². The first-order chi connectivity index (χ1) is 7.31. The Morgan fingerprint density at radius 3 is 3.00 bits per heavy atom. The van der Waals surface area contributed by atoms with Gasteiger partial charge in [-0.25, -0.2) is 0 Å². The average Bonchev–Trinajstić information content (AvgIpc) is 2.26. The molecule has 1 aromatic carbocycles. The van der Waals surface area contributed by atoms with E-state index in [1.165, 1.54) is 6.20 Å². The number of rotatable bonds is 3. The quantitative estimate of drug-likeness (QED) is 0.566. The zero-order valence-corrected chi connectivity index (χ0v) is 8.64. The lowest BCUT2D eigenvalue weighted by atomic mass is 10.1. The molecule has 78 valence electrons. The second-order valence-electron chi connectivity index (χ2n) is 3.41. The normalized spacial score (nSPS) is 10.5. The Kier molecular flexibility index (Phi) is 2.72. The van der Waals surface area contributed by atoms with Crippen LogP contribution in [-0.4, -0.2) is 6.61 Å². The van der Waals surface area contributed by atoms with Gasteiger partial charge in [-0.15, -0.1) is 0 Å². The fourth-order valence-corrected chi connectivity index (χ4v) is 1.51. The molecule has 15 heavy (non-hydrogen) atoms. The molecule has 0 N–H and O–H groups in total. The predicted molar refractivity (Wildman–Crippen MR) is 58.7 cm³/mol. The first-order valence-corrected chi connectivity index (χ1v) is 5.05. The molecule has 1 aromatic heterocycles. The lowest BCUT2D eigenvalue weighted by Gasteiger charge is -2.07. The summed E-state index contributed by atoms with van der Waals surface area (Å²) in [6, 6.07) is 7.58. The molecule has 2 rings (SSSR count). The van der Waals surface area contributed by atoms with Crippen molar-refractivity contribution in [2.75, 3.05) is 6.61 Å². The van der Waals surface area contributed by atoms with E-state index in [4.69, 9.17) is 4.74 Å². The van der Waals surface area contributed by atoms with E-state index in [1.54, 1.807) is 12.3 Å². The van der Waals surface area contributed by atoms with Crippen molar-refractivity contribution < 1.29 is 9.47 Å². The lowest BCUT2D eigenvalue weighted by Crippen LogP contribution is -2.23. The summed E-state index contributed by atoms with van der Waals surface area (Å²) < 4.78 is 6.36. The van der Waals surface area contributed by atoms with Crippen molar-refractivity contribution in [1.29, 1.82) is 0 Å². The van der Waals surface area contributed by atoms with Crippen LogP contribution >= 0.6 is 0 Å². The number of hydrogen-bond acceptors (Lipinski definition) is 2. The van der Waals surface area contributed by atoms with Gasteiger partial charge in [0, 0.05) is 6.07 Å². The minimum Gasteiger partial charge on any atom is -0.619 e. The topological polar surface area (TPSA) is 36.2 Å². The third kappa shape index (κ3) is 2.01. The molecule has 0 aliphatic carbocycles. The molecule has 0 atom stereocenters. The molecule has 0 radical (unpaired) electrons. The fraction of sp³-hybridized carbons (Fsp3) is 0.250. The molecule has 1 heterocycles. The lowest BCUT2D eigenvalue weighted by molar-refractivity contribution is -0.603. The van der Waals surface area contributed by atoms with E-state index in [1.807, 2.05) is 18.2 Å². The number of pyridine rings is 1. The van der Waals surface area contributed by atoms with Crippen LogP contribution in [0.1, 0.15) is 13.3 Å². The van der Waals surface area contributed by atoms with Gasteiger partial charge in [-0.3, -0.25) is 0 Å². The minimum atomic E-state index is 0.673. The summed E-state index contributed by atoms with van der Waals surface area (Å²) in [5.41, 5.74) is 0. The van der Waals surface area contributed by atoms with E-state index in [0.29, 0.717) is 6.61 Å². The van der Waals surface area contributed by atoms with E-state index in [-0.39, 0.29) is 0 Å². The van der Waals surface area contributed by atoms with Gasteiger partial charge in [0.15, 0.2) is 12.4 Å². The van der Waals surface area contributed by atoms with Gasteiger partial charge < -0.3 is 9.94 Å². The Labute approximate surface area is 88.5 Å². The van der Waals surface area contributed by atoms with Crippen LogP contribution in [0.5, 0.6) is 5.75 Å². The van der Waals surface area contributed by atoms with Crippen LogP contribution < -0.4 is 9.47 Å². The van der Waals surface area contributed by atoms with Crippen LogP contribution in [0.3, 0.4) is 0 Å². The molecular weight excluding hydrogens is 190 g/mol. The van der Waals surface area contributed by atoms with Crippen LogP contribution in [0.25, 0.3) is 10.8 Å². The van der Waals surface area contributed by atoms with Gasteiger partial charge in [0.2, 0.25) is 0 Å². The highest BCUT2D eigenvalue weighted by Crippen LogP contribution is 2.23. The fourth-order valence-electron chi connectivity index (χ4n) is 1.51. The molecule has 0 saturated heterocycles. The predicted octanol–water partition coefficient (Wildman–Crippen LogP) is 2.26. The monoisotopic (exact) mass is 203 g/mol. The van der Waals surface area contributed by atoms with E-state index in [0.717, 1.165) is 27.7 Å². The Hall–Kier alpha value is -1.77. The van der Waals surface area contributed by atoms with Gasteiger partial charge in [0.05, 0.1) is 12.0 Å². The van der Waals surface area contributed by atoms with E-state index in [2.05, 4.69) is 6.92 Å². The van der Waals surface area contributed by atoms with Gasteiger partial charge >= 0.3 is 0 Å². The molecule has 0 aliphatic heterocycles. The average molecular weight is 203 g/mol. The van der Waals surface area contributed by atoms with E-state index < -0.39 is 0 Å². The molecule has 0 fully saturated rings. The maximum Gasteiger partial charge on any atom is 0.191 e. The first kappa shape index (κ1) is 9.77. The number of hydrogen-bond donors (Lipinski definition) is 0.